The van der Waals surface area contributed by atoms with Gasteiger partial charge in [0.25, 0.3) is 0 Å². The van der Waals surface area contributed by atoms with E-state index in [0.29, 0.717) is 0 Å². The number of aromatic nitrogens is 2. The number of nitrogens with one attached hydrogen (secondary N) is 1. The Hall–Kier alpha value is -1.81. The van der Waals surface area contributed by atoms with Crippen molar-refractivity contribution in [3.8, 4) is 5.75 Å². The molecule has 0 aliphatic rings. The maximum Gasteiger partial charge on any atom is 0.163 e. The number of nitrogens with zero attached hydrogens (tertiary/aromatic N) is 2. The zero-order valence-electron chi connectivity index (χ0n) is 12.0. The van der Waals surface area contributed by atoms with E-state index in [-0.39, 0.29) is 6.10 Å². The van der Waals surface area contributed by atoms with Gasteiger partial charge in [0.1, 0.15) is 11.8 Å². The van der Waals surface area contributed by atoms with E-state index in [1.807, 2.05) is 50.8 Å². The maximum absolute atomic E-state index is 6.18. The third-order valence-electron chi connectivity index (χ3n) is 3.26. The predicted molar refractivity (Wildman–Crippen MR) is 76.4 cm³/mol. The molecule has 19 heavy (non-hydrogen) atoms. The topological polar surface area (TPSA) is 39.1 Å². The van der Waals surface area contributed by atoms with Gasteiger partial charge < -0.3 is 10.1 Å². The molecule has 1 heterocycles. The van der Waals surface area contributed by atoms with E-state index >= 15 is 0 Å². The molecule has 1 atom stereocenters. The number of hydrogen-bond donors (Lipinski definition) is 1. The van der Waals surface area contributed by atoms with Crippen molar-refractivity contribution in [2.75, 3.05) is 13.6 Å². The van der Waals surface area contributed by atoms with Crippen LogP contribution < -0.4 is 10.1 Å². The molecular weight excluding hydrogens is 238 g/mol. The summed E-state index contributed by atoms with van der Waals surface area (Å²) in [5.41, 5.74) is 3.14. The average Bonchev–Trinajstić information content (AvgIpc) is 2.65. The lowest BCUT2D eigenvalue weighted by molar-refractivity contribution is 0.202. The van der Waals surface area contributed by atoms with Gasteiger partial charge in [-0.2, -0.15) is 5.10 Å². The SMILES string of the molecule is CNCC(Oc1c(C)nn(C)c1C)c1ccccc1. The lowest BCUT2D eigenvalue weighted by Gasteiger charge is -2.19. The molecule has 4 nitrogen and oxygen atoms in total. The Kier molecular flexibility index (Phi) is 4.22. The Morgan fingerprint density at radius 3 is 2.47 bits per heavy atom. The summed E-state index contributed by atoms with van der Waals surface area (Å²) in [6.07, 6.45) is -0.00667. The van der Waals surface area contributed by atoms with Gasteiger partial charge in [-0.05, 0) is 26.5 Å². The number of hydrogen-bond acceptors (Lipinski definition) is 3. The molecule has 102 valence electrons. The van der Waals surface area contributed by atoms with Crippen molar-refractivity contribution >= 4 is 0 Å². The molecule has 0 radical (unpaired) electrons. The molecule has 4 heteroatoms. The Balaban J connectivity index is 2.26. The Labute approximate surface area is 114 Å². The van der Waals surface area contributed by atoms with Gasteiger partial charge in [-0.1, -0.05) is 30.3 Å². The van der Waals surface area contributed by atoms with Crippen LogP contribution in [0.3, 0.4) is 0 Å². The van der Waals surface area contributed by atoms with E-state index in [2.05, 4.69) is 22.5 Å². The van der Waals surface area contributed by atoms with Crippen molar-refractivity contribution in [1.82, 2.24) is 15.1 Å². The lowest BCUT2D eigenvalue weighted by atomic mass is 10.1. The van der Waals surface area contributed by atoms with E-state index in [4.69, 9.17) is 4.74 Å². The van der Waals surface area contributed by atoms with Gasteiger partial charge in [0.05, 0.1) is 5.69 Å². The van der Waals surface area contributed by atoms with Crippen LogP contribution >= 0.6 is 0 Å². The standard InChI is InChI=1S/C15H21N3O/c1-11-15(12(2)18(4)17-11)19-14(10-16-3)13-8-6-5-7-9-13/h5-9,14,16H,10H2,1-4H3. The molecule has 2 aromatic rings. The van der Waals surface area contributed by atoms with Crippen molar-refractivity contribution in [2.24, 2.45) is 7.05 Å². The van der Waals surface area contributed by atoms with E-state index in [0.717, 1.165) is 23.7 Å². The van der Waals surface area contributed by atoms with Gasteiger partial charge in [-0.15, -0.1) is 0 Å². The first-order valence-electron chi connectivity index (χ1n) is 6.50. The fraction of sp³-hybridized carbons (Fsp3) is 0.400. The van der Waals surface area contributed by atoms with Gasteiger partial charge in [0.2, 0.25) is 0 Å². The van der Waals surface area contributed by atoms with E-state index in [1.165, 1.54) is 5.56 Å². The maximum atomic E-state index is 6.18. The van der Waals surface area contributed by atoms with Crippen LogP contribution in [-0.4, -0.2) is 23.4 Å². The summed E-state index contributed by atoms with van der Waals surface area (Å²) in [6.45, 7) is 4.76. The highest BCUT2D eigenvalue weighted by Crippen LogP contribution is 2.27. The molecule has 0 bridgehead atoms. The molecular formula is C15H21N3O. The highest BCUT2D eigenvalue weighted by molar-refractivity contribution is 5.33. The smallest absolute Gasteiger partial charge is 0.163 e. The van der Waals surface area contributed by atoms with Crippen molar-refractivity contribution in [3.63, 3.8) is 0 Å². The molecule has 0 aliphatic heterocycles. The molecule has 0 saturated carbocycles. The largest absolute Gasteiger partial charge is 0.481 e. The second-order valence-electron chi connectivity index (χ2n) is 4.70. The molecule has 1 N–H and O–H groups in total. The minimum absolute atomic E-state index is 0.00667. The monoisotopic (exact) mass is 259 g/mol. The molecule has 1 unspecified atom stereocenters. The van der Waals surface area contributed by atoms with Crippen molar-refractivity contribution in [2.45, 2.75) is 20.0 Å². The molecule has 0 amide bonds. The minimum atomic E-state index is -0.00667. The highest BCUT2D eigenvalue weighted by Gasteiger charge is 2.17. The second-order valence-corrected chi connectivity index (χ2v) is 4.70. The van der Waals surface area contributed by atoms with Crippen molar-refractivity contribution in [3.05, 3.63) is 47.3 Å². The van der Waals surface area contributed by atoms with Gasteiger partial charge in [0, 0.05) is 13.6 Å². The fourth-order valence-electron chi connectivity index (χ4n) is 2.15. The van der Waals surface area contributed by atoms with Crippen LogP contribution in [0.25, 0.3) is 0 Å². The summed E-state index contributed by atoms with van der Waals surface area (Å²) < 4.78 is 8.03. The first kappa shape index (κ1) is 13.6. The van der Waals surface area contributed by atoms with Crippen LogP contribution in [-0.2, 0) is 7.05 Å². The summed E-state index contributed by atoms with van der Waals surface area (Å²) >= 11 is 0. The summed E-state index contributed by atoms with van der Waals surface area (Å²) in [5, 5.41) is 7.57. The van der Waals surface area contributed by atoms with E-state index in [9.17, 15) is 0 Å². The third kappa shape index (κ3) is 2.96. The number of likely N-dealkylation sites (N-methyl/N-ethyl adjacent to an activating group) is 1. The lowest BCUT2D eigenvalue weighted by Crippen LogP contribution is -2.22. The van der Waals surface area contributed by atoms with Crippen LogP contribution in [0.15, 0.2) is 30.3 Å². The van der Waals surface area contributed by atoms with Crippen LogP contribution in [0.2, 0.25) is 0 Å². The van der Waals surface area contributed by atoms with Crippen LogP contribution in [0, 0.1) is 13.8 Å². The summed E-state index contributed by atoms with van der Waals surface area (Å²) in [4.78, 5) is 0. The Morgan fingerprint density at radius 2 is 1.95 bits per heavy atom. The van der Waals surface area contributed by atoms with Crippen LogP contribution in [0.4, 0.5) is 0 Å². The first-order valence-corrected chi connectivity index (χ1v) is 6.50. The molecule has 1 aromatic carbocycles. The summed E-state index contributed by atoms with van der Waals surface area (Å²) in [7, 11) is 3.87. The summed E-state index contributed by atoms with van der Waals surface area (Å²) in [5.74, 6) is 0.881. The van der Waals surface area contributed by atoms with E-state index < -0.39 is 0 Å². The zero-order chi connectivity index (χ0) is 13.8. The molecule has 1 aromatic heterocycles. The Morgan fingerprint density at radius 1 is 1.26 bits per heavy atom. The Bertz CT molecular complexity index is 534. The first-order chi connectivity index (χ1) is 9.13. The van der Waals surface area contributed by atoms with Gasteiger partial charge in [0.15, 0.2) is 5.75 Å². The summed E-state index contributed by atoms with van der Waals surface area (Å²) in [6, 6.07) is 10.3. The van der Waals surface area contributed by atoms with E-state index in [1.54, 1.807) is 0 Å². The molecule has 0 saturated heterocycles. The van der Waals surface area contributed by atoms with Gasteiger partial charge >= 0.3 is 0 Å². The van der Waals surface area contributed by atoms with Crippen LogP contribution in [0.1, 0.15) is 23.1 Å². The van der Waals surface area contributed by atoms with Crippen molar-refractivity contribution < 1.29 is 4.74 Å². The molecule has 2 rings (SSSR count). The minimum Gasteiger partial charge on any atom is -0.481 e. The zero-order valence-corrected chi connectivity index (χ0v) is 12.0. The highest BCUT2D eigenvalue weighted by atomic mass is 16.5. The number of benzene rings is 1. The third-order valence-corrected chi connectivity index (χ3v) is 3.26. The molecule has 0 spiro atoms. The molecule has 0 fully saturated rings. The fourth-order valence-corrected chi connectivity index (χ4v) is 2.15. The van der Waals surface area contributed by atoms with Gasteiger partial charge in [-0.25, -0.2) is 0 Å². The van der Waals surface area contributed by atoms with Gasteiger partial charge in [-0.3, -0.25) is 4.68 Å². The average molecular weight is 259 g/mol. The second kappa shape index (κ2) is 5.89. The normalized spacial score (nSPS) is 12.4. The number of ether oxygens (including phenoxy) is 1. The number of aryl methyl sites for hydroxylation is 2. The predicted octanol–water partition coefficient (Wildman–Crippen LogP) is 2.38. The number of rotatable bonds is 5. The molecule has 0 aliphatic carbocycles. The quantitative estimate of drug-likeness (QED) is 0.896. The van der Waals surface area contributed by atoms with Crippen LogP contribution in [0.5, 0.6) is 5.75 Å². The van der Waals surface area contributed by atoms with Crippen molar-refractivity contribution in [1.29, 1.82) is 0 Å².